The average molecular weight is 307 g/mol. The van der Waals surface area contributed by atoms with E-state index in [4.69, 9.17) is 11.6 Å². The lowest BCUT2D eigenvalue weighted by Crippen LogP contribution is -2.23. The molecule has 0 fully saturated rings. The van der Waals surface area contributed by atoms with Gasteiger partial charge in [-0.15, -0.1) is 0 Å². The molecular formula is C14H9ClNO3S-. The molecule has 0 N–H and O–H groups in total. The van der Waals surface area contributed by atoms with Crippen molar-refractivity contribution in [2.24, 2.45) is 0 Å². The molecule has 1 heterocycles. The van der Waals surface area contributed by atoms with E-state index in [1.54, 1.807) is 24.3 Å². The van der Waals surface area contributed by atoms with E-state index in [9.17, 15) is 14.7 Å². The van der Waals surface area contributed by atoms with Gasteiger partial charge in [-0.2, -0.15) is 0 Å². The fourth-order valence-corrected chi connectivity index (χ4v) is 2.67. The summed E-state index contributed by atoms with van der Waals surface area (Å²) in [5.41, 5.74) is 0.386. The summed E-state index contributed by atoms with van der Waals surface area (Å²) in [5.74, 6) is -1.44. The first-order chi connectivity index (χ1) is 9.59. The zero-order valence-electron chi connectivity index (χ0n) is 10.2. The van der Waals surface area contributed by atoms with Crippen molar-refractivity contribution < 1.29 is 14.7 Å². The molecule has 1 aromatic heterocycles. The second-order valence-corrected chi connectivity index (χ2v) is 5.21. The first kappa shape index (κ1) is 14.6. The topological polar surface area (TPSA) is 70.1 Å². The summed E-state index contributed by atoms with van der Waals surface area (Å²) >= 11 is 6.98. The Labute approximate surface area is 124 Å². The van der Waals surface area contributed by atoms with Crippen molar-refractivity contribution in [3.05, 3.63) is 58.7 Å². The summed E-state index contributed by atoms with van der Waals surface area (Å²) in [5, 5.41) is 11.6. The van der Waals surface area contributed by atoms with E-state index < -0.39 is 5.97 Å². The average Bonchev–Trinajstić information content (AvgIpc) is 2.45. The lowest BCUT2D eigenvalue weighted by atomic mass is 10.1. The Morgan fingerprint density at radius 1 is 1.15 bits per heavy atom. The van der Waals surface area contributed by atoms with Crippen molar-refractivity contribution in [1.82, 2.24) is 4.98 Å². The van der Waals surface area contributed by atoms with E-state index in [1.165, 1.54) is 18.3 Å². The fourth-order valence-electron chi connectivity index (χ4n) is 1.56. The van der Waals surface area contributed by atoms with Crippen molar-refractivity contribution in [1.29, 1.82) is 0 Å². The zero-order chi connectivity index (χ0) is 14.5. The Morgan fingerprint density at radius 3 is 2.55 bits per heavy atom. The van der Waals surface area contributed by atoms with Gasteiger partial charge in [0.15, 0.2) is 5.78 Å². The van der Waals surface area contributed by atoms with Gasteiger partial charge in [0, 0.05) is 17.3 Å². The van der Waals surface area contributed by atoms with Gasteiger partial charge in [-0.05, 0) is 24.3 Å². The minimum Gasteiger partial charge on any atom is -0.545 e. The van der Waals surface area contributed by atoms with Crippen LogP contribution in [0.4, 0.5) is 0 Å². The number of carboxylic acid groups (broad SMARTS) is 1. The third-order valence-corrected chi connectivity index (χ3v) is 3.84. The van der Waals surface area contributed by atoms with Gasteiger partial charge in [0.05, 0.1) is 16.7 Å². The fraction of sp³-hybridized carbons (Fsp3) is 0.0714. The van der Waals surface area contributed by atoms with Crippen LogP contribution in [0.1, 0.15) is 20.7 Å². The van der Waals surface area contributed by atoms with Crippen LogP contribution in [0.5, 0.6) is 0 Å². The highest BCUT2D eigenvalue weighted by molar-refractivity contribution is 8.00. The van der Waals surface area contributed by atoms with Gasteiger partial charge in [0.1, 0.15) is 5.03 Å². The smallest absolute Gasteiger partial charge is 0.174 e. The van der Waals surface area contributed by atoms with Crippen molar-refractivity contribution in [3.63, 3.8) is 0 Å². The molecule has 102 valence electrons. The van der Waals surface area contributed by atoms with Gasteiger partial charge < -0.3 is 9.90 Å². The number of carbonyl (C=O) groups is 2. The molecular weight excluding hydrogens is 298 g/mol. The van der Waals surface area contributed by atoms with Gasteiger partial charge in [-0.3, -0.25) is 4.79 Å². The Kier molecular flexibility index (Phi) is 4.76. The number of carbonyl (C=O) groups excluding carboxylic acids is 2. The monoisotopic (exact) mass is 306 g/mol. The molecule has 1 aromatic carbocycles. The first-order valence-corrected chi connectivity index (χ1v) is 7.03. The molecule has 20 heavy (non-hydrogen) atoms. The number of pyridine rings is 1. The number of carboxylic acids is 1. The van der Waals surface area contributed by atoms with Gasteiger partial charge in [0.25, 0.3) is 0 Å². The third-order valence-electron chi connectivity index (χ3n) is 2.51. The molecule has 6 heteroatoms. The Bertz CT molecular complexity index is 660. The number of thioether (sulfide) groups is 1. The summed E-state index contributed by atoms with van der Waals surface area (Å²) < 4.78 is 0. The summed E-state index contributed by atoms with van der Waals surface area (Å²) in [4.78, 5) is 26.9. The van der Waals surface area contributed by atoms with E-state index in [0.717, 1.165) is 11.8 Å². The summed E-state index contributed by atoms with van der Waals surface area (Å²) in [6.45, 7) is 0. The number of rotatable bonds is 5. The maximum Gasteiger partial charge on any atom is 0.174 e. The molecule has 0 aliphatic heterocycles. The minimum atomic E-state index is -1.31. The number of halogens is 1. The van der Waals surface area contributed by atoms with E-state index in [2.05, 4.69) is 4.98 Å². The van der Waals surface area contributed by atoms with Crippen molar-refractivity contribution in [3.8, 4) is 0 Å². The van der Waals surface area contributed by atoms with Crippen molar-refractivity contribution in [2.75, 3.05) is 5.75 Å². The summed E-state index contributed by atoms with van der Waals surface area (Å²) in [6, 6.07) is 9.61. The van der Waals surface area contributed by atoms with E-state index in [-0.39, 0.29) is 22.1 Å². The highest BCUT2D eigenvalue weighted by Crippen LogP contribution is 2.23. The number of nitrogens with zero attached hydrogens (tertiary/aromatic N) is 1. The number of ketones is 1. The van der Waals surface area contributed by atoms with Gasteiger partial charge in [-0.1, -0.05) is 35.5 Å². The number of benzene rings is 1. The minimum absolute atomic E-state index is 0.0236. The van der Waals surface area contributed by atoms with Crippen LogP contribution in [0.2, 0.25) is 5.02 Å². The largest absolute Gasteiger partial charge is 0.545 e. The number of Topliss-reactive ketones (excluding diaryl/α,β-unsaturated/α-hetero) is 1. The number of hydrogen-bond acceptors (Lipinski definition) is 5. The van der Waals surface area contributed by atoms with E-state index in [1.807, 2.05) is 0 Å². The highest BCUT2D eigenvalue weighted by Gasteiger charge is 2.12. The normalized spacial score (nSPS) is 10.2. The standard InChI is InChI=1S/C14H10ClNO3S/c15-11-6-2-1-4-9(11)12(17)8-20-13-10(14(18)19)5-3-7-16-13/h1-7H,8H2,(H,18,19)/p-1. The van der Waals surface area contributed by atoms with E-state index in [0.29, 0.717) is 10.6 Å². The van der Waals surface area contributed by atoms with Crippen LogP contribution in [0.25, 0.3) is 0 Å². The molecule has 0 bridgehead atoms. The molecule has 0 unspecified atom stereocenters. The molecule has 2 rings (SSSR count). The molecule has 0 aliphatic rings. The van der Waals surface area contributed by atoms with Crippen LogP contribution in [0.15, 0.2) is 47.6 Å². The molecule has 0 spiro atoms. The van der Waals surface area contributed by atoms with E-state index >= 15 is 0 Å². The van der Waals surface area contributed by atoms with Crippen LogP contribution in [0.3, 0.4) is 0 Å². The third kappa shape index (κ3) is 3.37. The Balaban J connectivity index is 2.12. The second kappa shape index (κ2) is 6.54. The Morgan fingerprint density at radius 2 is 1.85 bits per heavy atom. The molecule has 4 nitrogen and oxygen atoms in total. The highest BCUT2D eigenvalue weighted by atomic mass is 35.5. The van der Waals surface area contributed by atoms with Gasteiger partial charge >= 0.3 is 0 Å². The molecule has 0 atom stereocenters. The van der Waals surface area contributed by atoms with Gasteiger partial charge in [-0.25, -0.2) is 4.98 Å². The SMILES string of the molecule is O=C(CSc1ncccc1C(=O)[O-])c1ccccc1Cl. The summed E-state index contributed by atoms with van der Waals surface area (Å²) in [6.07, 6.45) is 1.47. The lowest BCUT2D eigenvalue weighted by molar-refractivity contribution is -0.255. The van der Waals surface area contributed by atoms with Gasteiger partial charge in [0.2, 0.25) is 0 Å². The zero-order valence-corrected chi connectivity index (χ0v) is 11.8. The molecule has 0 saturated carbocycles. The number of aromatic nitrogens is 1. The molecule has 0 amide bonds. The predicted octanol–water partition coefficient (Wildman–Crippen LogP) is 2.07. The summed E-state index contributed by atoms with van der Waals surface area (Å²) in [7, 11) is 0. The quantitative estimate of drug-likeness (QED) is 0.625. The van der Waals surface area contributed by atoms with Crippen LogP contribution >= 0.6 is 23.4 Å². The van der Waals surface area contributed by atoms with Crippen LogP contribution in [0, 0.1) is 0 Å². The molecule has 2 aromatic rings. The van der Waals surface area contributed by atoms with Crippen molar-refractivity contribution in [2.45, 2.75) is 5.03 Å². The molecule has 0 aliphatic carbocycles. The predicted molar refractivity (Wildman–Crippen MR) is 75.1 cm³/mol. The molecule has 0 saturated heterocycles. The number of hydrogen-bond donors (Lipinski definition) is 0. The van der Waals surface area contributed by atoms with Crippen LogP contribution in [-0.2, 0) is 0 Å². The van der Waals surface area contributed by atoms with Crippen molar-refractivity contribution >= 4 is 35.1 Å². The lowest BCUT2D eigenvalue weighted by Gasteiger charge is -2.08. The van der Waals surface area contributed by atoms with Crippen LogP contribution in [-0.4, -0.2) is 22.5 Å². The first-order valence-electron chi connectivity index (χ1n) is 5.66. The van der Waals surface area contributed by atoms with Crippen LogP contribution < -0.4 is 5.11 Å². The second-order valence-electron chi connectivity index (χ2n) is 3.84. The maximum absolute atomic E-state index is 12.0. The Hall–Kier alpha value is -1.85. The maximum atomic E-state index is 12.0. The molecule has 0 radical (unpaired) electrons. The number of aromatic carboxylic acids is 1.